The Kier molecular flexibility index (Phi) is 5.12. The molecule has 106 valence electrons. The van der Waals surface area contributed by atoms with E-state index in [0.717, 1.165) is 12.1 Å². The molecular formula is C15H18FN3S. The lowest BCUT2D eigenvalue weighted by Crippen LogP contribution is -2.36. The Morgan fingerprint density at radius 3 is 2.70 bits per heavy atom. The smallest absolute Gasteiger partial charge is 0.191 e. The van der Waals surface area contributed by atoms with Gasteiger partial charge in [-0.05, 0) is 41.6 Å². The van der Waals surface area contributed by atoms with Gasteiger partial charge in [-0.3, -0.25) is 4.99 Å². The van der Waals surface area contributed by atoms with Gasteiger partial charge in [-0.2, -0.15) is 0 Å². The average Bonchev–Trinajstić information content (AvgIpc) is 2.85. The third kappa shape index (κ3) is 4.06. The molecule has 3 nitrogen and oxygen atoms in total. The molecular weight excluding hydrogens is 273 g/mol. The third-order valence-electron chi connectivity index (χ3n) is 2.96. The van der Waals surface area contributed by atoms with Crippen molar-refractivity contribution in [1.29, 1.82) is 0 Å². The maximum Gasteiger partial charge on any atom is 0.191 e. The molecule has 0 saturated heterocycles. The Hall–Kier alpha value is -1.88. The Morgan fingerprint density at radius 2 is 2.05 bits per heavy atom. The highest BCUT2D eigenvalue weighted by molar-refractivity contribution is 7.10. The van der Waals surface area contributed by atoms with Gasteiger partial charge in [0, 0.05) is 18.5 Å². The lowest BCUT2D eigenvalue weighted by atomic mass is 10.2. The van der Waals surface area contributed by atoms with Crippen molar-refractivity contribution in [2.75, 3.05) is 7.05 Å². The molecule has 0 amide bonds. The summed E-state index contributed by atoms with van der Waals surface area (Å²) in [5.41, 5.74) is 2.17. The van der Waals surface area contributed by atoms with Gasteiger partial charge in [0.05, 0.1) is 6.54 Å². The molecule has 2 rings (SSSR count). The first-order valence-electron chi connectivity index (χ1n) is 6.41. The fourth-order valence-corrected chi connectivity index (χ4v) is 2.65. The van der Waals surface area contributed by atoms with Crippen LogP contribution in [-0.4, -0.2) is 13.0 Å². The quantitative estimate of drug-likeness (QED) is 0.671. The zero-order chi connectivity index (χ0) is 14.4. The highest BCUT2D eigenvalue weighted by atomic mass is 32.1. The highest BCUT2D eigenvalue weighted by Gasteiger charge is 2.02. The summed E-state index contributed by atoms with van der Waals surface area (Å²) in [5, 5.41) is 8.50. The lowest BCUT2D eigenvalue weighted by Gasteiger charge is -2.11. The van der Waals surface area contributed by atoms with Crippen LogP contribution in [0.3, 0.4) is 0 Å². The molecule has 2 N–H and O–H groups in total. The first-order valence-corrected chi connectivity index (χ1v) is 7.29. The Labute approximate surface area is 122 Å². The second-order valence-corrected chi connectivity index (χ2v) is 5.44. The molecule has 5 heteroatoms. The average molecular weight is 291 g/mol. The van der Waals surface area contributed by atoms with Crippen LogP contribution in [0.1, 0.15) is 16.0 Å². The van der Waals surface area contributed by atoms with Gasteiger partial charge < -0.3 is 10.6 Å². The predicted molar refractivity (Wildman–Crippen MR) is 82.5 cm³/mol. The summed E-state index contributed by atoms with van der Waals surface area (Å²) in [7, 11) is 1.72. The van der Waals surface area contributed by atoms with Crippen LogP contribution in [0.4, 0.5) is 4.39 Å². The van der Waals surface area contributed by atoms with Crippen molar-refractivity contribution in [3.8, 4) is 0 Å². The molecule has 20 heavy (non-hydrogen) atoms. The number of hydrogen-bond donors (Lipinski definition) is 2. The van der Waals surface area contributed by atoms with Gasteiger partial charge in [0.1, 0.15) is 5.82 Å². The zero-order valence-corrected chi connectivity index (χ0v) is 12.4. The van der Waals surface area contributed by atoms with Crippen LogP contribution in [0.25, 0.3) is 0 Å². The largest absolute Gasteiger partial charge is 0.352 e. The number of hydrogen-bond acceptors (Lipinski definition) is 2. The van der Waals surface area contributed by atoms with E-state index in [0.29, 0.717) is 12.5 Å². The zero-order valence-electron chi connectivity index (χ0n) is 11.6. The number of halogens is 1. The Bertz CT molecular complexity index is 592. The van der Waals surface area contributed by atoms with Gasteiger partial charge in [-0.1, -0.05) is 12.1 Å². The number of aryl methyl sites for hydroxylation is 1. The number of aliphatic imine (C=N–C) groups is 1. The molecule has 0 spiro atoms. The fraction of sp³-hybridized carbons (Fsp3) is 0.267. The van der Waals surface area contributed by atoms with Gasteiger partial charge >= 0.3 is 0 Å². The van der Waals surface area contributed by atoms with Crippen molar-refractivity contribution in [1.82, 2.24) is 10.6 Å². The number of thiophene rings is 1. The second kappa shape index (κ2) is 7.05. The highest BCUT2D eigenvalue weighted by Crippen LogP contribution is 2.14. The van der Waals surface area contributed by atoms with E-state index in [4.69, 9.17) is 0 Å². The van der Waals surface area contributed by atoms with E-state index in [2.05, 4.69) is 34.0 Å². The molecule has 0 aliphatic heterocycles. The summed E-state index contributed by atoms with van der Waals surface area (Å²) in [6.07, 6.45) is 0. The number of guanidine groups is 1. The fourth-order valence-electron chi connectivity index (χ4n) is 1.80. The lowest BCUT2D eigenvalue weighted by molar-refractivity contribution is 0.624. The molecule has 1 aromatic carbocycles. The van der Waals surface area contributed by atoms with Crippen molar-refractivity contribution < 1.29 is 4.39 Å². The van der Waals surface area contributed by atoms with Crippen molar-refractivity contribution >= 4 is 17.3 Å². The normalized spacial score (nSPS) is 11.4. The Morgan fingerprint density at radius 1 is 1.25 bits per heavy atom. The number of benzene rings is 1. The predicted octanol–water partition coefficient (Wildman–Crippen LogP) is 3.06. The van der Waals surface area contributed by atoms with Crippen LogP contribution in [-0.2, 0) is 13.1 Å². The van der Waals surface area contributed by atoms with E-state index in [-0.39, 0.29) is 5.82 Å². The monoisotopic (exact) mass is 291 g/mol. The molecule has 0 saturated carbocycles. The molecule has 0 aliphatic rings. The minimum absolute atomic E-state index is 0.221. The van der Waals surface area contributed by atoms with E-state index in [1.165, 1.54) is 22.6 Å². The molecule has 0 radical (unpaired) electrons. The van der Waals surface area contributed by atoms with Crippen LogP contribution >= 0.6 is 11.3 Å². The van der Waals surface area contributed by atoms with Crippen LogP contribution in [0.2, 0.25) is 0 Å². The number of rotatable bonds is 4. The molecule has 1 heterocycles. The van der Waals surface area contributed by atoms with Gasteiger partial charge in [0.25, 0.3) is 0 Å². The molecule has 0 atom stereocenters. The number of nitrogens with one attached hydrogen (secondary N) is 2. The Balaban J connectivity index is 1.85. The number of nitrogens with zero attached hydrogens (tertiary/aromatic N) is 1. The van der Waals surface area contributed by atoms with E-state index in [9.17, 15) is 4.39 Å². The summed E-state index contributed by atoms with van der Waals surface area (Å²) in [4.78, 5) is 5.45. The van der Waals surface area contributed by atoms with E-state index in [1.807, 2.05) is 6.07 Å². The maximum absolute atomic E-state index is 13.1. The van der Waals surface area contributed by atoms with Gasteiger partial charge in [0.15, 0.2) is 5.96 Å². The topological polar surface area (TPSA) is 36.4 Å². The van der Waals surface area contributed by atoms with Crippen LogP contribution in [0.15, 0.2) is 40.7 Å². The summed E-state index contributed by atoms with van der Waals surface area (Å²) >= 11 is 1.72. The minimum atomic E-state index is -0.221. The van der Waals surface area contributed by atoms with Crippen molar-refractivity contribution in [2.45, 2.75) is 20.0 Å². The molecule has 0 aliphatic carbocycles. The first-order chi connectivity index (χ1) is 9.69. The summed E-state index contributed by atoms with van der Waals surface area (Å²) in [6.45, 7) is 3.38. The molecule has 0 unspecified atom stereocenters. The molecule has 0 fully saturated rings. The molecule has 0 bridgehead atoms. The van der Waals surface area contributed by atoms with E-state index < -0.39 is 0 Å². The first kappa shape index (κ1) is 14.5. The summed E-state index contributed by atoms with van der Waals surface area (Å²) < 4.78 is 13.1. The van der Waals surface area contributed by atoms with E-state index in [1.54, 1.807) is 24.5 Å². The van der Waals surface area contributed by atoms with Gasteiger partial charge in [-0.15, -0.1) is 11.3 Å². The van der Waals surface area contributed by atoms with Crippen LogP contribution in [0, 0.1) is 12.7 Å². The van der Waals surface area contributed by atoms with Crippen molar-refractivity contribution in [2.24, 2.45) is 4.99 Å². The molecule has 2 aromatic rings. The summed E-state index contributed by atoms with van der Waals surface area (Å²) in [5.74, 6) is 0.489. The summed E-state index contributed by atoms with van der Waals surface area (Å²) in [6, 6.07) is 8.65. The minimum Gasteiger partial charge on any atom is -0.352 e. The van der Waals surface area contributed by atoms with Crippen LogP contribution < -0.4 is 10.6 Å². The molecule has 1 aromatic heterocycles. The van der Waals surface area contributed by atoms with Crippen molar-refractivity contribution in [3.05, 3.63) is 57.5 Å². The standard InChI is InChI=1S/C15H18FN3S/c1-11-6-7-20-14(11)10-19-15(17-2)18-9-12-4-3-5-13(16)8-12/h3-8H,9-10H2,1-2H3,(H2,17,18,19). The van der Waals surface area contributed by atoms with Gasteiger partial charge in [-0.25, -0.2) is 4.39 Å². The van der Waals surface area contributed by atoms with E-state index >= 15 is 0 Å². The SMILES string of the molecule is CN=C(NCc1cccc(F)c1)NCc1sccc1C. The second-order valence-electron chi connectivity index (χ2n) is 4.44. The third-order valence-corrected chi connectivity index (χ3v) is 3.98. The van der Waals surface area contributed by atoms with Crippen molar-refractivity contribution in [3.63, 3.8) is 0 Å². The van der Waals surface area contributed by atoms with Gasteiger partial charge in [0.2, 0.25) is 0 Å². The maximum atomic E-state index is 13.1. The van der Waals surface area contributed by atoms with Crippen LogP contribution in [0.5, 0.6) is 0 Å².